The number of piperazine rings is 1. The molecule has 0 bridgehead atoms. The van der Waals surface area contributed by atoms with Crippen LogP contribution in [-0.2, 0) is 11.2 Å². The van der Waals surface area contributed by atoms with Crippen LogP contribution in [0.15, 0.2) is 48.5 Å². The number of methoxy groups -OCH3 is 1. The van der Waals surface area contributed by atoms with E-state index in [1.54, 1.807) is 7.11 Å². The van der Waals surface area contributed by atoms with E-state index in [0.717, 1.165) is 43.9 Å². The predicted octanol–water partition coefficient (Wildman–Crippen LogP) is 3.26. The van der Waals surface area contributed by atoms with Crippen molar-refractivity contribution in [1.29, 1.82) is 0 Å². The van der Waals surface area contributed by atoms with Crippen molar-refractivity contribution >= 4 is 11.6 Å². The van der Waals surface area contributed by atoms with Gasteiger partial charge in [0.2, 0.25) is 5.91 Å². The number of hydrogen-bond acceptors (Lipinski definition) is 4. The molecule has 150 valence electrons. The van der Waals surface area contributed by atoms with E-state index >= 15 is 0 Å². The summed E-state index contributed by atoms with van der Waals surface area (Å²) in [5.41, 5.74) is 3.67. The molecular weight excluding hydrogens is 350 g/mol. The first kappa shape index (κ1) is 20.2. The summed E-state index contributed by atoms with van der Waals surface area (Å²) in [5.74, 6) is 0.961. The van der Waals surface area contributed by atoms with Crippen molar-refractivity contribution in [2.75, 3.05) is 44.7 Å². The maximum absolute atomic E-state index is 12.5. The number of carbonyl (C=O) groups is 1. The van der Waals surface area contributed by atoms with Crippen LogP contribution >= 0.6 is 0 Å². The van der Waals surface area contributed by atoms with Gasteiger partial charge in [-0.25, -0.2) is 0 Å². The van der Waals surface area contributed by atoms with Gasteiger partial charge in [0, 0.05) is 31.9 Å². The van der Waals surface area contributed by atoms with Crippen molar-refractivity contribution in [2.24, 2.45) is 0 Å². The fourth-order valence-electron chi connectivity index (χ4n) is 3.57. The van der Waals surface area contributed by atoms with Crippen LogP contribution in [0.3, 0.4) is 0 Å². The monoisotopic (exact) mass is 381 g/mol. The van der Waals surface area contributed by atoms with Gasteiger partial charge in [0.1, 0.15) is 5.75 Å². The van der Waals surface area contributed by atoms with Gasteiger partial charge in [0.25, 0.3) is 0 Å². The third kappa shape index (κ3) is 5.26. The highest BCUT2D eigenvalue weighted by Crippen LogP contribution is 2.20. The molecular formula is C23H31N3O2. The normalized spacial score (nSPS) is 15.9. The van der Waals surface area contributed by atoms with Crippen molar-refractivity contribution in [3.63, 3.8) is 0 Å². The zero-order valence-electron chi connectivity index (χ0n) is 17.1. The Morgan fingerprint density at radius 1 is 1.04 bits per heavy atom. The summed E-state index contributed by atoms with van der Waals surface area (Å²) in [6, 6.07) is 16.7. The summed E-state index contributed by atoms with van der Waals surface area (Å²) in [6.45, 7) is 8.27. The van der Waals surface area contributed by atoms with Crippen LogP contribution < -0.4 is 15.0 Å². The number of anilines is 1. The standard InChI is InChI=1S/C23H31N3O2/c1-4-19-5-7-20(8-6-19)18(2)24-23(27)17-25-13-15-26(16-14-25)21-9-11-22(28-3)12-10-21/h5-12,18H,4,13-17H2,1-3H3,(H,24,27)/t18-/m0/s1. The van der Waals surface area contributed by atoms with E-state index in [4.69, 9.17) is 4.74 Å². The van der Waals surface area contributed by atoms with Crippen molar-refractivity contribution < 1.29 is 9.53 Å². The predicted molar refractivity (Wildman–Crippen MR) is 114 cm³/mol. The zero-order valence-corrected chi connectivity index (χ0v) is 17.1. The van der Waals surface area contributed by atoms with Gasteiger partial charge < -0.3 is 15.0 Å². The minimum Gasteiger partial charge on any atom is -0.497 e. The molecule has 1 saturated heterocycles. The molecule has 1 fully saturated rings. The minimum atomic E-state index is 0.0268. The molecule has 5 nitrogen and oxygen atoms in total. The molecule has 0 unspecified atom stereocenters. The van der Waals surface area contributed by atoms with E-state index in [1.165, 1.54) is 11.3 Å². The molecule has 2 aromatic rings. The Kier molecular flexibility index (Phi) is 6.93. The van der Waals surface area contributed by atoms with Crippen molar-refractivity contribution in [3.05, 3.63) is 59.7 Å². The summed E-state index contributed by atoms with van der Waals surface area (Å²) in [5, 5.41) is 3.13. The average molecular weight is 382 g/mol. The lowest BCUT2D eigenvalue weighted by Crippen LogP contribution is -2.49. The average Bonchev–Trinajstić information content (AvgIpc) is 2.74. The Hall–Kier alpha value is -2.53. The van der Waals surface area contributed by atoms with Crippen LogP contribution in [0.4, 0.5) is 5.69 Å². The highest BCUT2D eigenvalue weighted by molar-refractivity contribution is 5.78. The summed E-state index contributed by atoms with van der Waals surface area (Å²) < 4.78 is 5.22. The summed E-state index contributed by atoms with van der Waals surface area (Å²) in [6.07, 6.45) is 1.03. The van der Waals surface area contributed by atoms with Gasteiger partial charge in [-0.3, -0.25) is 9.69 Å². The number of nitrogens with one attached hydrogen (secondary N) is 1. The first-order chi connectivity index (χ1) is 13.6. The van der Waals surface area contributed by atoms with Crippen molar-refractivity contribution in [2.45, 2.75) is 26.3 Å². The number of carbonyl (C=O) groups excluding carboxylic acids is 1. The molecule has 3 rings (SSSR count). The molecule has 28 heavy (non-hydrogen) atoms. The van der Waals surface area contributed by atoms with Gasteiger partial charge in [0.15, 0.2) is 0 Å². The summed E-state index contributed by atoms with van der Waals surface area (Å²) in [7, 11) is 1.68. The van der Waals surface area contributed by atoms with E-state index in [1.807, 2.05) is 19.1 Å². The fraction of sp³-hybridized carbons (Fsp3) is 0.435. The van der Waals surface area contributed by atoms with Crippen molar-refractivity contribution in [3.8, 4) is 5.75 Å². The third-order valence-electron chi connectivity index (χ3n) is 5.44. The zero-order chi connectivity index (χ0) is 19.9. The fourth-order valence-corrected chi connectivity index (χ4v) is 3.57. The van der Waals surface area contributed by atoms with E-state index in [-0.39, 0.29) is 11.9 Å². The number of ether oxygens (including phenoxy) is 1. The van der Waals surface area contributed by atoms with Crippen molar-refractivity contribution in [1.82, 2.24) is 10.2 Å². The van der Waals surface area contributed by atoms with E-state index in [0.29, 0.717) is 6.54 Å². The smallest absolute Gasteiger partial charge is 0.234 e. The highest BCUT2D eigenvalue weighted by atomic mass is 16.5. The van der Waals surface area contributed by atoms with E-state index in [9.17, 15) is 4.79 Å². The van der Waals surface area contributed by atoms with Crippen LogP contribution in [-0.4, -0.2) is 50.6 Å². The molecule has 0 saturated carbocycles. The maximum atomic E-state index is 12.5. The molecule has 5 heteroatoms. The second kappa shape index (κ2) is 9.60. The molecule has 0 aromatic heterocycles. The second-order valence-electron chi connectivity index (χ2n) is 7.35. The second-order valence-corrected chi connectivity index (χ2v) is 7.35. The number of amides is 1. The van der Waals surface area contributed by atoms with Crippen LogP contribution in [0.1, 0.15) is 31.0 Å². The number of aryl methyl sites for hydroxylation is 1. The third-order valence-corrected chi connectivity index (χ3v) is 5.44. The Morgan fingerprint density at radius 2 is 1.68 bits per heavy atom. The summed E-state index contributed by atoms with van der Waals surface area (Å²) in [4.78, 5) is 17.0. The molecule has 2 aromatic carbocycles. The van der Waals surface area contributed by atoms with Crippen LogP contribution in [0.2, 0.25) is 0 Å². The first-order valence-electron chi connectivity index (χ1n) is 10.1. The number of hydrogen-bond donors (Lipinski definition) is 1. The topological polar surface area (TPSA) is 44.8 Å². The molecule has 0 spiro atoms. The van der Waals surface area contributed by atoms with Gasteiger partial charge in [0.05, 0.1) is 19.7 Å². The lowest BCUT2D eigenvalue weighted by Gasteiger charge is -2.36. The molecule has 1 heterocycles. The SMILES string of the molecule is CCc1ccc([C@H](C)NC(=O)CN2CCN(c3ccc(OC)cc3)CC2)cc1. The number of benzene rings is 2. The summed E-state index contributed by atoms with van der Waals surface area (Å²) >= 11 is 0. The maximum Gasteiger partial charge on any atom is 0.234 e. The highest BCUT2D eigenvalue weighted by Gasteiger charge is 2.20. The van der Waals surface area contributed by atoms with Crippen LogP contribution in [0.25, 0.3) is 0 Å². The number of rotatable bonds is 7. The largest absolute Gasteiger partial charge is 0.497 e. The first-order valence-corrected chi connectivity index (χ1v) is 10.1. The minimum absolute atomic E-state index is 0.0268. The Balaban J connectivity index is 1.45. The van der Waals surface area contributed by atoms with Gasteiger partial charge in [-0.05, 0) is 48.7 Å². The van der Waals surface area contributed by atoms with Gasteiger partial charge in [-0.1, -0.05) is 31.2 Å². The molecule has 0 aliphatic carbocycles. The Morgan fingerprint density at radius 3 is 2.25 bits per heavy atom. The Bertz CT molecular complexity index is 750. The molecule has 1 aliphatic heterocycles. The lowest BCUT2D eigenvalue weighted by atomic mass is 10.1. The quantitative estimate of drug-likeness (QED) is 0.800. The van der Waals surface area contributed by atoms with Gasteiger partial charge in [-0.15, -0.1) is 0 Å². The van der Waals surface area contributed by atoms with Gasteiger partial charge in [-0.2, -0.15) is 0 Å². The molecule has 1 atom stereocenters. The molecule has 1 amide bonds. The van der Waals surface area contributed by atoms with Crippen LogP contribution in [0.5, 0.6) is 5.75 Å². The Labute approximate surface area is 168 Å². The molecule has 1 N–H and O–H groups in total. The number of nitrogens with zero attached hydrogens (tertiary/aromatic N) is 2. The van der Waals surface area contributed by atoms with Crippen LogP contribution in [0, 0.1) is 0 Å². The molecule has 0 radical (unpaired) electrons. The molecule has 1 aliphatic rings. The van der Waals surface area contributed by atoms with E-state index in [2.05, 4.69) is 58.4 Å². The van der Waals surface area contributed by atoms with Gasteiger partial charge >= 0.3 is 0 Å². The van der Waals surface area contributed by atoms with E-state index < -0.39 is 0 Å². The lowest BCUT2D eigenvalue weighted by molar-refractivity contribution is -0.123.